The molecule has 3 aromatic carbocycles. The molecule has 4 aromatic rings. The lowest BCUT2D eigenvalue weighted by atomic mass is 10.2. The van der Waals surface area contributed by atoms with Gasteiger partial charge in [-0.15, -0.1) is 0 Å². The number of rotatable bonds is 5. The number of aryl methyl sites for hydroxylation is 1. The average molecular weight is 409 g/mol. The smallest absolute Gasteiger partial charge is 0.148 e. The fraction of sp³-hybridized carbons (Fsp3) is 0.120. The Kier molecular flexibility index (Phi) is 4.67. The SMILES string of the molecule is CCn1c(C2=C(O)CN(c3ccc(Nc4ccccc4)cc3)C2=N)nc2ccccc21. The topological polar surface area (TPSA) is 77.2 Å². The summed E-state index contributed by atoms with van der Waals surface area (Å²) in [4.78, 5) is 6.52. The van der Waals surface area contributed by atoms with Gasteiger partial charge in [-0.2, -0.15) is 0 Å². The van der Waals surface area contributed by atoms with Gasteiger partial charge < -0.3 is 19.9 Å². The summed E-state index contributed by atoms with van der Waals surface area (Å²) < 4.78 is 2.05. The number of aromatic nitrogens is 2. The maximum atomic E-state index is 10.8. The van der Waals surface area contributed by atoms with Gasteiger partial charge in [0.05, 0.1) is 23.2 Å². The minimum Gasteiger partial charge on any atom is -0.509 e. The number of imidazole rings is 1. The van der Waals surface area contributed by atoms with E-state index in [1.54, 1.807) is 4.90 Å². The van der Waals surface area contributed by atoms with Crippen LogP contribution in [0.4, 0.5) is 17.1 Å². The second kappa shape index (κ2) is 7.65. The van der Waals surface area contributed by atoms with E-state index >= 15 is 0 Å². The van der Waals surface area contributed by atoms with E-state index in [0.717, 1.165) is 28.1 Å². The molecular weight excluding hydrogens is 386 g/mol. The summed E-state index contributed by atoms with van der Waals surface area (Å²) in [6, 6.07) is 25.8. The molecule has 0 fully saturated rings. The number of aliphatic hydroxyl groups excluding tert-OH is 1. The molecule has 2 heterocycles. The molecule has 0 spiro atoms. The Labute approximate surface area is 180 Å². The van der Waals surface area contributed by atoms with Crippen LogP contribution in [-0.2, 0) is 6.54 Å². The van der Waals surface area contributed by atoms with Gasteiger partial charge in [-0.3, -0.25) is 5.41 Å². The van der Waals surface area contributed by atoms with Gasteiger partial charge in [0.2, 0.25) is 0 Å². The highest BCUT2D eigenvalue weighted by atomic mass is 16.3. The Hall–Kier alpha value is -4.06. The number of amidine groups is 1. The molecule has 0 amide bonds. The van der Waals surface area contributed by atoms with Gasteiger partial charge >= 0.3 is 0 Å². The Bertz CT molecular complexity index is 1290. The van der Waals surface area contributed by atoms with Crippen molar-refractivity contribution in [3.63, 3.8) is 0 Å². The average Bonchev–Trinajstić information content (AvgIpc) is 3.31. The summed E-state index contributed by atoms with van der Waals surface area (Å²) in [5.41, 5.74) is 5.19. The highest BCUT2D eigenvalue weighted by molar-refractivity contribution is 6.30. The zero-order valence-electron chi connectivity index (χ0n) is 17.2. The van der Waals surface area contributed by atoms with E-state index in [4.69, 9.17) is 10.4 Å². The van der Waals surface area contributed by atoms with Crippen molar-refractivity contribution >= 4 is 39.5 Å². The first kappa shape index (κ1) is 18.9. The number of hydrogen-bond acceptors (Lipinski definition) is 4. The maximum Gasteiger partial charge on any atom is 0.148 e. The van der Waals surface area contributed by atoms with Crippen LogP contribution in [0.15, 0.2) is 84.6 Å². The molecule has 1 aromatic heterocycles. The summed E-state index contributed by atoms with van der Waals surface area (Å²) in [7, 11) is 0. The molecule has 31 heavy (non-hydrogen) atoms. The van der Waals surface area contributed by atoms with Crippen molar-refractivity contribution in [2.45, 2.75) is 13.5 Å². The predicted octanol–water partition coefficient (Wildman–Crippen LogP) is 5.57. The molecule has 0 bridgehead atoms. The molecule has 0 aliphatic carbocycles. The minimum atomic E-state index is 0.168. The van der Waals surface area contributed by atoms with Crippen molar-refractivity contribution < 1.29 is 5.11 Å². The Balaban J connectivity index is 1.42. The number of benzene rings is 3. The number of hydrogen-bond donors (Lipinski definition) is 3. The summed E-state index contributed by atoms with van der Waals surface area (Å²) in [6.07, 6.45) is 0. The Morgan fingerprint density at radius 2 is 1.61 bits per heavy atom. The van der Waals surface area contributed by atoms with E-state index in [0.29, 0.717) is 17.9 Å². The number of nitrogens with one attached hydrogen (secondary N) is 2. The predicted molar refractivity (Wildman–Crippen MR) is 126 cm³/mol. The maximum absolute atomic E-state index is 10.8. The Morgan fingerprint density at radius 1 is 0.935 bits per heavy atom. The van der Waals surface area contributed by atoms with Crippen molar-refractivity contribution in [2.75, 3.05) is 16.8 Å². The van der Waals surface area contributed by atoms with E-state index in [1.165, 1.54) is 0 Å². The first-order valence-electron chi connectivity index (χ1n) is 10.3. The number of anilines is 3. The van der Waals surface area contributed by atoms with Gasteiger partial charge in [0.15, 0.2) is 0 Å². The van der Waals surface area contributed by atoms with Crippen LogP contribution in [-0.4, -0.2) is 27.0 Å². The zero-order chi connectivity index (χ0) is 21.4. The highest BCUT2D eigenvalue weighted by Crippen LogP contribution is 2.33. The van der Waals surface area contributed by atoms with Crippen LogP contribution in [0.5, 0.6) is 0 Å². The van der Waals surface area contributed by atoms with Crippen LogP contribution in [0.2, 0.25) is 0 Å². The lowest BCUT2D eigenvalue weighted by molar-refractivity contribution is 0.411. The van der Waals surface area contributed by atoms with E-state index in [-0.39, 0.29) is 18.1 Å². The number of aliphatic hydroxyl groups is 1. The first-order chi connectivity index (χ1) is 15.2. The molecule has 154 valence electrons. The van der Waals surface area contributed by atoms with Crippen molar-refractivity contribution in [2.24, 2.45) is 0 Å². The normalized spacial score (nSPS) is 14.0. The van der Waals surface area contributed by atoms with E-state index in [9.17, 15) is 5.11 Å². The molecule has 3 N–H and O–H groups in total. The summed E-state index contributed by atoms with van der Waals surface area (Å²) >= 11 is 0. The molecule has 6 nitrogen and oxygen atoms in total. The van der Waals surface area contributed by atoms with Crippen LogP contribution in [0.3, 0.4) is 0 Å². The van der Waals surface area contributed by atoms with E-state index in [1.807, 2.05) is 90.4 Å². The third-order valence-electron chi connectivity index (χ3n) is 5.54. The lowest BCUT2D eigenvalue weighted by Crippen LogP contribution is -2.26. The number of para-hydroxylation sites is 3. The van der Waals surface area contributed by atoms with Crippen molar-refractivity contribution in [1.82, 2.24) is 9.55 Å². The monoisotopic (exact) mass is 409 g/mol. The first-order valence-corrected chi connectivity index (χ1v) is 10.3. The molecule has 5 rings (SSSR count). The Morgan fingerprint density at radius 3 is 2.35 bits per heavy atom. The molecule has 1 aliphatic heterocycles. The fourth-order valence-electron chi connectivity index (χ4n) is 4.03. The number of fused-ring (bicyclic) bond motifs is 1. The molecular formula is C25H23N5O. The van der Waals surface area contributed by atoms with Crippen molar-refractivity contribution in [1.29, 1.82) is 5.41 Å². The molecule has 0 saturated heterocycles. The second-order valence-corrected chi connectivity index (χ2v) is 7.46. The second-order valence-electron chi connectivity index (χ2n) is 7.46. The number of nitrogens with zero attached hydrogens (tertiary/aromatic N) is 3. The lowest BCUT2D eigenvalue weighted by Gasteiger charge is -2.19. The molecule has 0 radical (unpaired) electrons. The van der Waals surface area contributed by atoms with Gasteiger partial charge in [0.25, 0.3) is 0 Å². The van der Waals surface area contributed by atoms with Crippen LogP contribution < -0.4 is 10.2 Å². The quantitative estimate of drug-likeness (QED) is 0.403. The van der Waals surface area contributed by atoms with Crippen LogP contribution >= 0.6 is 0 Å². The van der Waals surface area contributed by atoms with Gasteiger partial charge in [0, 0.05) is 23.6 Å². The van der Waals surface area contributed by atoms with E-state index < -0.39 is 0 Å². The van der Waals surface area contributed by atoms with Crippen LogP contribution in [0, 0.1) is 5.41 Å². The van der Waals surface area contributed by atoms with E-state index in [2.05, 4.69) is 5.32 Å². The molecule has 6 heteroatoms. The highest BCUT2D eigenvalue weighted by Gasteiger charge is 2.32. The minimum absolute atomic E-state index is 0.168. The third-order valence-corrected chi connectivity index (χ3v) is 5.54. The molecule has 0 unspecified atom stereocenters. The summed E-state index contributed by atoms with van der Waals surface area (Å²) in [6.45, 7) is 3.01. The molecule has 1 aliphatic rings. The van der Waals surface area contributed by atoms with Crippen molar-refractivity contribution in [3.05, 3.63) is 90.4 Å². The fourth-order valence-corrected chi connectivity index (χ4v) is 4.03. The standard InChI is InChI=1S/C25H23N5O/c1-2-29-21-11-7-6-10-20(21)28-25(29)23-22(31)16-30(24(23)26)19-14-12-18(13-15-19)27-17-8-4-3-5-9-17/h3-15,26-27,31H,2,16H2,1H3. The van der Waals surface area contributed by atoms with Crippen LogP contribution in [0.1, 0.15) is 12.7 Å². The van der Waals surface area contributed by atoms with Crippen LogP contribution in [0.25, 0.3) is 16.6 Å². The van der Waals surface area contributed by atoms with Gasteiger partial charge in [-0.1, -0.05) is 30.3 Å². The molecule has 0 atom stereocenters. The summed E-state index contributed by atoms with van der Waals surface area (Å²) in [5, 5.41) is 22.9. The third kappa shape index (κ3) is 3.32. The van der Waals surface area contributed by atoms with Gasteiger partial charge in [-0.25, -0.2) is 4.98 Å². The largest absolute Gasteiger partial charge is 0.509 e. The van der Waals surface area contributed by atoms with Gasteiger partial charge in [0.1, 0.15) is 17.4 Å². The zero-order valence-corrected chi connectivity index (χ0v) is 17.2. The molecule has 0 saturated carbocycles. The summed E-state index contributed by atoms with van der Waals surface area (Å²) in [5.74, 6) is 1.06. The van der Waals surface area contributed by atoms with Gasteiger partial charge in [-0.05, 0) is 55.5 Å². The van der Waals surface area contributed by atoms with Crippen molar-refractivity contribution in [3.8, 4) is 0 Å².